The van der Waals surface area contributed by atoms with Crippen molar-refractivity contribution in [2.24, 2.45) is 10.8 Å². The van der Waals surface area contributed by atoms with Crippen LogP contribution in [0.3, 0.4) is 0 Å². The molecule has 9 heteroatoms. The van der Waals surface area contributed by atoms with Crippen LogP contribution in [0.2, 0.25) is 5.02 Å². The maximum absolute atomic E-state index is 13.5. The summed E-state index contributed by atoms with van der Waals surface area (Å²) in [5, 5.41) is 3.95. The van der Waals surface area contributed by atoms with E-state index in [1.807, 2.05) is 36.1 Å². The molecule has 1 atom stereocenters. The van der Waals surface area contributed by atoms with Crippen molar-refractivity contribution in [3.63, 3.8) is 0 Å². The van der Waals surface area contributed by atoms with Crippen molar-refractivity contribution in [2.45, 2.75) is 62.9 Å². The second kappa shape index (κ2) is 10.9. The minimum atomic E-state index is -3.23. The van der Waals surface area contributed by atoms with Gasteiger partial charge < -0.3 is 15.1 Å². The van der Waals surface area contributed by atoms with Crippen LogP contribution in [0.25, 0.3) is 0 Å². The number of halogens is 1. The van der Waals surface area contributed by atoms with E-state index in [0.29, 0.717) is 16.5 Å². The first-order chi connectivity index (χ1) is 18.5. The topological polar surface area (TPSA) is 86.8 Å². The summed E-state index contributed by atoms with van der Waals surface area (Å²) in [6, 6.07) is 14.5. The number of hydrogen-bond donors (Lipinski definition) is 1. The molecule has 3 aliphatic rings. The highest BCUT2D eigenvalue weighted by molar-refractivity contribution is 7.90. The minimum Gasteiger partial charge on any atom is -0.349 e. The maximum atomic E-state index is 13.5. The molecule has 1 spiro atoms. The van der Waals surface area contributed by atoms with Gasteiger partial charge in [-0.1, -0.05) is 42.8 Å². The average Bonchev–Trinajstić information content (AvgIpc) is 3.60. The fraction of sp³-hybridized carbons (Fsp3) is 0.533. The van der Waals surface area contributed by atoms with E-state index in [4.69, 9.17) is 11.6 Å². The largest absolute Gasteiger partial charge is 0.349 e. The van der Waals surface area contributed by atoms with Crippen molar-refractivity contribution in [2.75, 3.05) is 32.4 Å². The SMILES string of the molecule is CC1(C(=O)NC(CCN2CCC3(CC2)CCN(Cc2ccc(S(C)(=O)=O)cc2)C3=O)c2cccc(Cl)c2)CC1. The number of benzene rings is 2. The van der Waals surface area contributed by atoms with Crippen LogP contribution in [0.15, 0.2) is 53.4 Å². The Hall–Kier alpha value is -2.42. The molecule has 1 saturated carbocycles. The lowest BCUT2D eigenvalue weighted by molar-refractivity contribution is -0.139. The van der Waals surface area contributed by atoms with E-state index >= 15 is 0 Å². The molecule has 0 aromatic heterocycles. The van der Waals surface area contributed by atoms with Gasteiger partial charge in [0.2, 0.25) is 11.8 Å². The van der Waals surface area contributed by atoms with Crippen LogP contribution in [0.1, 0.15) is 62.6 Å². The number of nitrogens with one attached hydrogen (secondary N) is 1. The van der Waals surface area contributed by atoms with Crippen LogP contribution >= 0.6 is 11.6 Å². The molecule has 2 heterocycles. The third-order valence-corrected chi connectivity index (χ3v) is 10.3. The molecule has 2 aromatic carbocycles. The average molecular weight is 572 g/mol. The zero-order valence-corrected chi connectivity index (χ0v) is 24.4. The van der Waals surface area contributed by atoms with E-state index in [2.05, 4.69) is 10.2 Å². The minimum absolute atomic E-state index is 0.0952. The van der Waals surface area contributed by atoms with Crippen LogP contribution in [0, 0.1) is 10.8 Å². The van der Waals surface area contributed by atoms with Gasteiger partial charge in [-0.2, -0.15) is 0 Å². The second-order valence-corrected chi connectivity index (χ2v) is 14.4. The van der Waals surface area contributed by atoms with E-state index in [0.717, 1.165) is 75.8 Å². The van der Waals surface area contributed by atoms with E-state index in [1.165, 1.54) is 6.26 Å². The van der Waals surface area contributed by atoms with Crippen molar-refractivity contribution in [1.29, 1.82) is 0 Å². The molecule has 0 bridgehead atoms. The highest BCUT2D eigenvalue weighted by Crippen LogP contribution is 2.46. The van der Waals surface area contributed by atoms with E-state index in [1.54, 1.807) is 24.3 Å². The smallest absolute Gasteiger partial charge is 0.229 e. The predicted molar refractivity (Wildman–Crippen MR) is 152 cm³/mol. The molecule has 2 aliphatic heterocycles. The van der Waals surface area contributed by atoms with Crippen LogP contribution in [-0.4, -0.2) is 62.5 Å². The van der Waals surface area contributed by atoms with Crippen molar-refractivity contribution in [3.05, 3.63) is 64.7 Å². The van der Waals surface area contributed by atoms with Gasteiger partial charge >= 0.3 is 0 Å². The molecule has 39 heavy (non-hydrogen) atoms. The first kappa shape index (κ1) is 28.1. The number of amides is 2. The Balaban J connectivity index is 1.16. The van der Waals surface area contributed by atoms with Crippen molar-refractivity contribution >= 4 is 33.3 Å². The molecule has 1 aliphatic carbocycles. The number of sulfone groups is 1. The molecule has 210 valence electrons. The first-order valence-corrected chi connectivity index (χ1v) is 16.1. The number of rotatable bonds is 9. The number of carbonyl (C=O) groups excluding carboxylic acids is 2. The Morgan fingerprint density at radius 1 is 1.03 bits per heavy atom. The van der Waals surface area contributed by atoms with Gasteiger partial charge in [-0.3, -0.25) is 9.59 Å². The molecule has 1 unspecified atom stereocenters. The van der Waals surface area contributed by atoms with E-state index in [9.17, 15) is 18.0 Å². The molecule has 2 aromatic rings. The number of likely N-dealkylation sites (tertiary alicyclic amines) is 2. The lowest BCUT2D eigenvalue weighted by Crippen LogP contribution is -2.45. The lowest BCUT2D eigenvalue weighted by atomic mass is 9.77. The zero-order chi connectivity index (χ0) is 27.8. The summed E-state index contributed by atoms with van der Waals surface area (Å²) in [5.74, 6) is 0.337. The van der Waals surface area contributed by atoms with Crippen LogP contribution < -0.4 is 5.32 Å². The Kier molecular flexibility index (Phi) is 7.83. The third kappa shape index (κ3) is 6.34. The van der Waals surface area contributed by atoms with Gasteiger partial charge in [0.05, 0.1) is 16.4 Å². The summed E-state index contributed by atoms with van der Waals surface area (Å²) < 4.78 is 23.5. The van der Waals surface area contributed by atoms with Gasteiger partial charge in [0, 0.05) is 36.3 Å². The normalized spacial score (nSPS) is 21.2. The van der Waals surface area contributed by atoms with Gasteiger partial charge in [0.1, 0.15) is 0 Å². The quantitative estimate of drug-likeness (QED) is 0.475. The zero-order valence-electron chi connectivity index (χ0n) is 22.8. The van der Waals surface area contributed by atoms with Gasteiger partial charge in [0.25, 0.3) is 0 Å². The molecule has 0 radical (unpaired) electrons. The molecule has 3 fully saturated rings. The van der Waals surface area contributed by atoms with Gasteiger partial charge in [-0.15, -0.1) is 0 Å². The van der Waals surface area contributed by atoms with Gasteiger partial charge in [-0.25, -0.2) is 8.42 Å². The molecule has 2 amide bonds. The molecular formula is C30H38ClN3O4S. The van der Waals surface area contributed by atoms with Crippen molar-refractivity contribution < 1.29 is 18.0 Å². The summed E-state index contributed by atoms with van der Waals surface area (Å²) in [4.78, 5) is 31.0. The summed E-state index contributed by atoms with van der Waals surface area (Å²) in [5.41, 5.74) is 1.43. The molecule has 7 nitrogen and oxygen atoms in total. The predicted octanol–water partition coefficient (Wildman–Crippen LogP) is 4.61. The highest BCUT2D eigenvalue weighted by atomic mass is 35.5. The van der Waals surface area contributed by atoms with Crippen molar-refractivity contribution in [3.8, 4) is 0 Å². The summed E-state index contributed by atoms with van der Waals surface area (Å²) in [6.45, 7) is 5.82. The van der Waals surface area contributed by atoms with Crippen LogP contribution in [0.5, 0.6) is 0 Å². The number of hydrogen-bond acceptors (Lipinski definition) is 5. The molecule has 5 rings (SSSR count). The Bertz CT molecular complexity index is 1330. The van der Waals surface area contributed by atoms with E-state index in [-0.39, 0.29) is 28.7 Å². The van der Waals surface area contributed by atoms with Crippen LogP contribution in [0.4, 0.5) is 0 Å². The monoisotopic (exact) mass is 571 g/mol. The van der Waals surface area contributed by atoms with Crippen LogP contribution in [-0.2, 0) is 26.0 Å². The molecule has 1 N–H and O–H groups in total. The summed E-state index contributed by atoms with van der Waals surface area (Å²) in [6.07, 6.45) is 6.39. The maximum Gasteiger partial charge on any atom is 0.229 e. The fourth-order valence-electron chi connectivity index (χ4n) is 5.88. The number of piperidine rings is 1. The van der Waals surface area contributed by atoms with Gasteiger partial charge in [-0.05, 0) is 87.0 Å². The third-order valence-electron chi connectivity index (χ3n) is 8.98. The van der Waals surface area contributed by atoms with E-state index < -0.39 is 9.84 Å². The Labute approximate surface area is 236 Å². The summed E-state index contributed by atoms with van der Waals surface area (Å²) >= 11 is 6.26. The molecular weight excluding hydrogens is 534 g/mol. The second-order valence-electron chi connectivity index (χ2n) is 11.9. The Morgan fingerprint density at radius 2 is 1.69 bits per heavy atom. The standard InChI is InChI=1S/C30H38ClN3O4S/c1-29(11-12-29)27(35)32-26(23-4-3-5-24(31)20-23)10-16-33-17-13-30(14-18-33)15-19-34(28(30)36)21-22-6-8-25(9-7-22)39(2,37)38/h3-9,20,26H,10-19,21H2,1-2H3,(H,32,35). The van der Waals surface area contributed by atoms with Gasteiger partial charge in [0.15, 0.2) is 9.84 Å². The number of nitrogens with zero attached hydrogens (tertiary/aromatic N) is 2. The highest BCUT2D eigenvalue weighted by Gasteiger charge is 2.48. The fourth-order valence-corrected chi connectivity index (χ4v) is 6.71. The lowest BCUT2D eigenvalue weighted by Gasteiger charge is -2.38. The Morgan fingerprint density at radius 3 is 2.31 bits per heavy atom. The molecule has 2 saturated heterocycles. The number of carbonyl (C=O) groups is 2. The van der Waals surface area contributed by atoms with Crippen molar-refractivity contribution in [1.82, 2.24) is 15.1 Å². The summed E-state index contributed by atoms with van der Waals surface area (Å²) in [7, 11) is -3.23. The first-order valence-electron chi connectivity index (χ1n) is 13.8.